The second-order valence-corrected chi connectivity index (χ2v) is 9.82. The average molecular weight is 480 g/mol. The molecule has 0 saturated carbocycles. The molecule has 3 rings (SSSR count). The molecule has 3 aromatic carbocycles. The van der Waals surface area contributed by atoms with Gasteiger partial charge in [-0.1, -0.05) is 66.2 Å². The van der Waals surface area contributed by atoms with E-state index in [1.54, 1.807) is 55.5 Å². The smallest absolute Gasteiger partial charge is 0.264 e. The lowest BCUT2D eigenvalue weighted by Crippen LogP contribution is -2.50. The SMILES string of the molecule is CNC(=O)[C@H](C)N(Cc1ccc(C)cc1)C(=O)CN(c1ccccc1)S(=O)(=O)c1ccccc1. The fourth-order valence-corrected chi connectivity index (χ4v) is 4.96. The Bertz CT molecular complexity index is 1210. The van der Waals surface area contributed by atoms with Crippen molar-refractivity contribution < 1.29 is 18.0 Å². The molecule has 34 heavy (non-hydrogen) atoms. The third kappa shape index (κ3) is 5.82. The van der Waals surface area contributed by atoms with Crippen LogP contribution in [0.2, 0.25) is 0 Å². The Morgan fingerprint density at radius 3 is 2.00 bits per heavy atom. The van der Waals surface area contributed by atoms with Crippen LogP contribution in [0.15, 0.2) is 89.8 Å². The Morgan fingerprint density at radius 1 is 0.882 bits per heavy atom. The fourth-order valence-electron chi connectivity index (χ4n) is 3.52. The van der Waals surface area contributed by atoms with E-state index in [2.05, 4.69) is 5.32 Å². The zero-order valence-electron chi connectivity index (χ0n) is 19.5. The van der Waals surface area contributed by atoms with E-state index in [1.807, 2.05) is 31.2 Å². The third-order valence-corrected chi connectivity index (χ3v) is 7.33. The first-order valence-electron chi connectivity index (χ1n) is 10.9. The van der Waals surface area contributed by atoms with Gasteiger partial charge in [0.15, 0.2) is 0 Å². The van der Waals surface area contributed by atoms with E-state index in [4.69, 9.17) is 0 Å². The first-order valence-corrected chi connectivity index (χ1v) is 12.4. The van der Waals surface area contributed by atoms with Crippen molar-refractivity contribution >= 4 is 27.5 Å². The van der Waals surface area contributed by atoms with Gasteiger partial charge < -0.3 is 10.2 Å². The van der Waals surface area contributed by atoms with Crippen molar-refractivity contribution in [3.05, 3.63) is 96.1 Å². The predicted octanol–water partition coefficient (Wildman–Crippen LogP) is 3.35. The van der Waals surface area contributed by atoms with Crippen LogP contribution in [0.5, 0.6) is 0 Å². The number of hydrogen-bond donors (Lipinski definition) is 1. The van der Waals surface area contributed by atoms with E-state index >= 15 is 0 Å². The molecule has 0 bridgehead atoms. The minimum absolute atomic E-state index is 0.0797. The normalized spacial score (nSPS) is 12.0. The molecule has 0 aromatic heterocycles. The van der Waals surface area contributed by atoms with Crippen molar-refractivity contribution in [3.63, 3.8) is 0 Å². The number of aryl methyl sites for hydroxylation is 1. The summed E-state index contributed by atoms with van der Waals surface area (Å²) in [6, 6.07) is 23.3. The van der Waals surface area contributed by atoms with Crippen LogP contribution in [0.4, 0.5) is 5.69 Å². The molecule has 178 valence electrons. The number of nitrogens with zero attached hydrogens (tertiary/aromatic N) is 2. The van der Waals surface area contributed by atoms with Crippen LogP contribution >= 0.6 is 0 Å². The van der Waals surface area contributed by atoms with Gasteiger partial charge in [-0.25, -0.2) is 8.42 Å². The van der Waals surface area contributed by atoms with E-state index in [0.29, 0.717) is 5.69 Å². The van der Waals surface area contributed by atoms with Gasteiger partial charge in [-0.15, -0.1) is 0 Å². The Hall–Kier alpha value is -3.65. The Labute approximate surface area is 201 Å². The summed E-state index contributed by atoms with van der Waals surface area (Å²) < 4.78 is 28.1. The van der Waals surface area contributed by atoms with Gasteiger partial charge in [0.1, 0.15) is 12.6 Å². The monoisotopic (exact) mass is 479 g/mol. The summed E-state index contributed by atoms with van der Waals surface area (Å²) in [5.74, 6) is -0.822. The molecule has 0 saturated heterocycles. The lowest BCUT2D eigenvalue weighted by Gasteiger charge is -2.31. The predicted molar refractivity (Wildman–Crippen MR) is 133 cm³/mol. The van der Waals surface area contributed by atoms with Crippen LogP contribution in [0.3, 0.4) is 0 Å². The second kappa shape index (κ2) is 11.0. The number of para-hydroxylation sites is 1. The number of nitrogens with one attached hydrogen (secondary N) is 1. The summed E-state index contributed by atoms with van der Waals surface area (Å²) in [6.45, 7) is 3.31. The molecule has 0 unspecified atom stereocenters. The fraction of sp³-hybridized carbons (Fsp3) is 0.231. The molecule has 8 heteroatoms. The van der Waals surface area contributed by atoms with Crippen molar-refractivity contribution in [2.45, 2.75) is 31.3 Å². The number of anilines is 1. The van der Waals surface area contributed by atoms with E-state index in [1.165, 1.54) is 24.1 Å². The van der Waals surface area contributed by atoms with Crippen LogP contribution in [-0.2, 0) is 26.2 Å². The zero-order valence-corrected chi connectivity index (χ0v) is 20.3. The van der Waals surface area contributed by atoms with E-state index in [9.17, 15) is 18.0 Å². The first-order chi connectivity index (χ1) is 16.2. The molecule has 3 aromatic rings. The Morgan fingerprint density at radius 2 is 1.44 bits per heavy atom. The van der Waals surface area contributed by atoms with Crippen molar-refractivity contribution in [3.8, 4) is 0 Å². The highest BCUT2D eigenvalue weighted by molar-refractivity contribution is 7.92. The third-order valence-electron chi connectivity index (χ3n) is 5.54. The van der Waals surface area contributed by atoms with Gasteiger partial charge in [0.2, 0.25) is 11.8 Å². The standard InChI is InChI=1S/C26H29N3O4S/c1-20-14-16-22(17-15-20)18-28(21(2)26(31)27-3)25(30)19-29(23-10-6-4-7-11-23)34(32,33)24-12-8-5-9-13-24/h4-17,21H,18-19H2,1-3H3,(H,27,31)/t21-/m0/s1. The molecular formula is C26H29N3O4S. The molecule has 0 fully saturated rings. The summed E-state index contributed by atoms with van der Waals surface area (Å²) in [5.41, 5.74) is 2.28. The van der Waals surface area contributed by atoms with Gasteiger partial charge in [0.25, 0.3) is 10.0 Å². The molecule has 0 aliphatic rings. The van der Waals surface area contributed by atoms with Crippen molar-refractivity contribution in [1.82, 2.24) is 10.2 Å². The molecule has 0 aliphatic carbocycles. The second-order valence-electron chi connectivity index (χ2n) is 7.96. The van der Waals surface area contributed by atoms with E-state index in [-0.39, 0.29) is 17.3 Å². The molecule has 0 spiro atoms. The lowest BCUT2D eigenvalue weighted by molar-refractivity contribution is -0.139. The highest BCUT2D eigenvalue weighted by atomic mass is 32.2. The molecule has 1 atom stereocenters. The van der Waals surface area contributed by atoms with Crippen LogP contribution in [-0.4, -0.2) is 44.8 Å². The first kappa shape index (κ1) is 25.0. The zero-order chi connectivity index (χ0) is 24.7. The number of carbonyl (C=O) groups is 2. The summed E-state index contributed by atoms with van der Waals surface area (Å²) >= 11 is 0. The number of hydrogen-bond acceptors (Lipinski definition) is 4. The number of likely N-dealkylation sites (N-methyl/N-ethyl adjacent to an activating group) is 1. The van der Waals surface area contributed by atoms with Crippen LogP contribution in [0.1, 0.15) is 18.1 Å². The summed E-state index contributed by atoms with van der Waals surface area (Å²) in [7, 11) is -2.52. The average Bonchev–Trinajstić information content (AvgIpc) is 2.86. The molecule has 7 nitrogen and oxygen atoms in total. The largest absolute Gasteiger partial charge is 0.357 e. The highest BCUT2D eigenvalue weighted by Gasteiger charge is 2.32. The van der Waals surface area contributed by atoms with Crippen molar-refractivity contribution in [2.24, 2.45) is 0 Å². The Kier molecular flexibility index (Phi) is 8.07. The molecule has 0 aliphatic heterocycles. The van der Waals surface area contributed by atoms with E-state index in [0.717, 1.165) is 15.4 Å². The topological polar surface area (TPSA) is 86.8 Å². The van der Waals surface area contributed by atoms with E-state index < -0.39 is 28.5 Å². The van der Waals surface area contributed by atoms with Gasteiger partial charge in [-0.3, -0.25) is 13.9 Å². The maximum atomic E-state index is 13.6. The summed E-state index contributed by atoms with van der Waals surface area (Å²) in [6.07, 6.45) is 0. The van der Waals surface area contributed by atoms with Crippen molar-refractivity contribution in [1.29, 1.82) is 0 Å². The minimum Gasteiger partial charge on any atom is -0.357 e. The number of carbonyl (C=O) groups excluding carboxylic acids is 2. The number of amides is 2. The van der Waals surface area contributed by atoms with Crippen LogP contribution in [0.25, 0.3) is 0 Å². The number of sulfonamides is 1. The lowest BCUT2D eigenvalue weighted by atomic mass is 10.1. The maximum absolute atomic E-state index is 13.6. The molecule has 1 N–H and O–H groups in total. The molecular weight excluding hydrogens is 450 g/mol. The number of benzene rings is 3. The Balaban J connectivity index is 1.98. The van der Waals surface area contributed by atoms with Crippen LogP contribution in [0, 0.1) is 6.92 Å². The van der Waals surface area contributed by atoms with Gasteiger partial charge in [-0.2, -0.15) is 0 Å². The molecule has 0 radical (unpaired) electrons. The molecule has 2 amide bonds. The minimum atomic E-state index is -4.03. The maximum Gasteiger partial charge on any atom is 0.264 e. The highest BCUT2D eigenvalue weighted by Crippen LogP contribution is 2.24. The van der Waals surface area contributed by atoms with Gasteiger partial charge in [0, 0.05) is 13.6 Å². The molecule has 0 heterocycles. The van der Waals surface area contributed by atoms with Gasteiger partial charge in [0.05, 0.1) is 10.6 Å². The van der Waals surface area contributed by atoms with Gasteiger partial charge in [-0.05, 0) is 43.7 Å². The summed E-state index contributed by atoms with van der Waals surface area (Å²) in [5, 5.41) is 2.57. The number of rotatable bonds is 9. The van der Waals surface area contributed by atoms with Crippen molar-refractivity contribution in [2.75, 3.05) is 17.9 Å². The van der Waals surface area contributed by atoms with Gasteiger partial charge >= 0.3 is 0 Å². The summed E-state index contributed by atoms with van der Waals surface area (Å²) in [4.78, 5) is 27.5. The van der Waals surface area contributed by atoms with Crippen LogP contribution < -0.4 is 9.62 Å². The quantitative estimate of drug-likeness (QED) is 0.510.